The molecule has 10 heteroatoms. The summed E-state index contributed by atoms with van der Waals surface area (Å²) in [5.74, 6) is -2.12. The highest BCUT2D eigenvalue weighted by Crippen LogP contribution is 2.28. The van der Waals surface area contributed by atoms with E-state index >= 15 is 0 Å². The Balaban J connectivity index is 2.15. The summed E-state index contributed by atoms with van der Waals surface area (Å²) in [6.45, 7) is 5.05. The SMILES string of the molecule is CCOC(=O)c1c(C)oc(NC(=O)CSc2cc(C)ncn2)c1C(N)=O. The minimum absolute atomic E-state index is 0.0170. The van der Waals surface area contributed by atoms with E-state index in [1.165, 1.54) is 25.0 Å². The molecule has 0 saturated carbocycles. The summed E-state index contributed by atoms with van der Waals surface area (Å²) in [6.07, 6.45) is 1.41. The quantitative estimate of drug-likeness (QED) is 0.422. The predicted octanol–water partition coefficient (Wildman–Crippen LogP) is 1.69. The second kappa shape index (κ2) is 8.48. The van der Waals surface area contributed by atoms with Crippen molar-refractivity contribution in [3.8, 4) is 0 Å². The van der Waals surface area contributed by atoms with Crippen molar-refractivity contribution in [1.29, 1.82) is 0 Å². The van der Waals surface area contributed by atoms with Crippen molar-refractivity contribution in [3.63, 3.8) is 0 Å². The number of thioether (sulfide) groups is 1. The first kappa shape index (κ1) is 19.4. The van der Waals surface area contributed by atoms with E-state index in [2.05, 4.69) is 15.3 Å². The molecule has 0 fully saturated rings. The molecule has 0 spiro atoms. The first-order valence-corrected chi connectivity index (χ1v) is 8.63. The van der Waals surface area contributed by atoms with Crippen LogP contribution in [-0.2, 0) is 9.53 Å². The Hall–Kier alpha value is -2.88. The van der Waals surface area contributed by atoms with Crippen LogP contribution in [0, 0.1) is 13.8 Å². The molecule has 138 valence electrons. The van der Waals surface area contributed by atoms with Crippen molar-refractivity contribution in [2.45, 2.75) is 25.8 Å². The lowest BCUT2D eigenvalue weighted by molar-refractivity contribution is -0.113. The highest BCUT2D eigenvalue weighted by molar-refractivity contribution is 7.99. The molecule has 9 nitrogen and oxygen atoms in total. The van der Waals surface area contributed by atoms with Crippen LogP contribution >= 0.6 is 11.8 Å². The second-order valence-corrected chi connectivity index (χ2v) is 6.15. The molecule has 2 amide bonds. The van der Waals surface area contributed by atoms with Gasteiger partial charge < -0.3 is 14.9 Å². The zero-order chi connectivity index (χ0) is 19.3. The summed E-state index contributed by atoms with van der Waals surface area (Å²) in [4.78, 5) is 43.9. The lowest BCUT2D eigenvalue weighted by atomic mass is 10.1. The number of ether oxygens (including phenoxy) is 1. The lowest BCUT2D eigenvalue weighted by Gasteiger charge is -2.05. The Bertz CT molecular complexity index is 849. The highest BCUT2D eigenvalue weighted by Gasteiger charge is 2.29. The Kier molecular flexibility index (Phi) is 6.34. The van der Waals surface area contributed by atoms with Gasteiger partial charge in [0.15, 0.2) is 0 Å². The van der Waals surface area contributed by atoms with Crippen molar-refractivity contribution in [2.75, 3.05) is 17.7 Å². The van der Waals surface area contributed by atoms with Crippen LogP contribution < -0.4 is 11.1 Å². The van der Waals surface area contributed by atoms with Gasteiger partial charge in [0, 0.05) is 5.69 Å². The molecule has 0 saturated heterocycles. The average Bonchev–Trinajstić information content (AvgIpc) is 2.89. The number of carbonyl (C=O) groups is 3. The van der Waals surface area contributed by atoms with Gasteiger partial charge in [0.05, 0.1) is 12.4 Å². The van der Waals surface area contributed by atoms with Crippen LogP contribution in [0.5, 0.6) is 0 Å². The molecule has 0 radical (unpaired) electrons. The Morgan fingerprint density at radius 1 is 1.27 bits per heavy atom. The summed E-state index contributed by atoms with van der Waals surface area (Å²) in [6, 6.07) is 1.74. The molecule has 0 aliphatic carbocycles. The number of aromatic nitrogens is 2. The summed E-state index contributed by atoms with van der Waals surface area (Å²) in [7, 11) is 0. The van der Waals surface area contributed by atoms with Gasteiger partial charge in [-0.2, -0.15) is 0 Å². The number of hydrogen-bond donors (Lipinski definition) is 2. The average molecular weight is 378 g/mol. The maximum Gasteiger partial charge on any atom is 0.342 e. The Morgan fingerprint density at radius 2 is 2.00 bits per heavy atom. The van der Waals surface area contributed by atoms with E-state index in [0.29, 0.717) is 5.03 Å². The molecule has 3 N–H and O–H groups in total. The third-order valence-electron chi connectivity index (χ3n) is 3.19. The fourth-order valence-electron chi connectivity index (χ4n) is 2.13. The third-order valence-corrected chi connectivity index (χ3v) is 4.12. The number of furan rings is 1. The van der Waals surface area contributed by atoms with Crippen LogP contribution in [0.2, 0.25) is 0 Å². The van der Waals surface area contributed by atoms with E-state index in [0.717, 1.165) is 5.69 Å². The van der Waals surface area contributed by atoms with E-state index < -0.39 is 17.8 Å². The summed E-state index contributed by atoms with van der Waals surface area (Å²) in [5, 5.41) is 3.09. The van der Waals surface area contributed by atoms with Gasteiger partial charge in [0.2, 0.25) is 11.8 Å². The van der Waals surface area contributed by atoms with Crippen molar-refractivity contribution >= 4 is 35.4 Å². The van der Waals surface area contributed by atoms with E-state index in [4.69, 9.17) is 14.9 Å². The molecule has 2 heterocycles. The molecule has 0 bridgehead atoms. The molecule has 0 aromatic carbocycles. The van der Waals surface area contributed by atoms with Crippen molar-refractivity contribution in [3.05, 3.63) is 35.0 Å². The van der Waals surface area contributed by atoms with Gasteiger partial charge in [-0.25, -0.2) is 14.8 Å². The van der Waals surface area contributed by atoms with Crippen LogP contribution in [0.1, 0.15) is 39.1 Å². The van der Waals surface area contributed by atoms with Gasteiger partial charge >= 0.3 is 5.97 Å². The molecule has 0 atom stereocenters. The van der Waals surface area contributed by atoms with Crippen molar-refractivity contribution < 1.29 is 23.5 Å². The minimum Gasteiger partial charge on any atom is -0.462 e. The number of hydrogen-bond acceptors (Lipinski definition) is 8. The number of anilines is 1. The molecule has 26 heavy (non-hydrogen) atoms. The standard InChI is InChI=1S/C16H18N4O5S/c1-4-24-16(23)12-9(3)25-15(13(12)14(17)22)20-10(21)6-26-11-5-8(2)18-7-19-11/h5,7H,4,6H2,1-3H3,(H2,17,22)(H,20,21). The Morgan fingerprint density at radius 3 is 2.62 bits per heavy atom. The first-order chi connectivity index (χ1) is 12.3. The smallest absolute Gasteiger partial charge is 0.342 e. The number of nitrogens with one attached hydrogen (secondary N) is 1. The number of primary amides is 1. The first-order valence-electron chi connectivity index (χ1n) is 7.65. The van der Waals surface area contributed by atoms with Gasteiger partial charge in [0.1, 0.15) is 28.2 Å². The van der Waals surface area contributed by atoms with E-state index in [9.17, 15) is 14.4 Å². The van der Waals surface area contributed by atoms with Crippen LogP contribution in [-0.4, -0.2) is 40.1 Å². The van der Waals surface area contributed by atoms with Gasteiger partial charge in [0.25, 0.3) is 5.91 Å². The summed E-state index contributed by atoms with van der Waals surface area (Å²) in [5.41, 5.74) is 5.82. The van der Waals surface area contributed by atoms with Gasteiger partial charge in [-0.15, -0.1) is 0 Å². The van der Waals surface area contributed by atoms with Crippen molar-refractivity contribution in [2.24, 2.45) is 5.73 Å². The predicted molar refractivity (Wildman–Crippen MR) is 94.0 cm³/mol. The van der Waals surface area contributed by atoms with E-state index in [-0.39, 0.29) is 35.1 Å². The lowest BCUT2D eigenvalue weighted by Crippen LogP contribution is -2.21. The van der Waals surface area contributed by atoms with Gasteiger partial charge in [-0.3, -0.25) is 14.9 Å². The fraction of sp³-hybridized carbons (Fsp3) is 0.312. The van der Waals surface area contributed by atoms with Gasteiger partial charge in [-0.05, 0) is 26.8 Å². The van der Waals surface area contributed by atoms with Crippen LogP contribution in [0.4, 0.5) is 5.88 Å². The number of rotatable bonds is 7. The minimum atomic E-state index is -0.903. The molecule has 2 aromatic heterocycles. The zero-order valence-electron chi connectivity index (χ0n) is 14.5. The maximum absolute atomic E-state index is 12.2. The second-order valence-electron chi connectivity index (χ2n) is 5.16. The molecule has 0 unspecified atom stereocenters. The number of amides is 2. The third kappa shape index (κ3) is 4.60. The molecular weight excluding hydrogens is 360 g/mol. The maximum atomic E-state index is 12.2. The normalized spacial score (nSPS) is 10.4. The molecular formula is C16H18N4O5S. The van der Waals surface area contributed by atoms with Crippen LogP contribution in [0.15, 0.2) is 21.8 Å². The van der Waals surface area contributed by atoms with Gasteiger partial charge in [-0.1, -0.05) is 11.8 Å². The highest BCUT2D eigenvalue weighted by atomic mass is 32.2. The molecule has 2 rings (SSSR count). The monoisotopic (exact) mass is 378 g/mol. The fourth-order valence-corrected chi connectivity index (χ4v) is 2.85. The van der Waals surface area contributed by atoms with Crippen LogP contribution in [0.25, 0.3) is 0 Å². The van der Waals surface area contributed by atoms with E-state index in [1.807, 2.05) is 6.92 Å². The van der Waals surface area contributed by atoms with Crippen LogP contribution in [0.3, 0.4) is 0 Å². The largest absolute Gasteiger partial charge is 0.462 e. The number of nitrogens with two attached hydrogens (primary N) is 1. The molecule has 2 aromatic rings. The number of esters is 1. The number of carbonyl (C=O) groups excluding carboxylic acids is 3. The Labute approximate surface area is 153 Å². The topological polar surface area (TPSA) is 137 Å². The zero-order valence-corrected chi connectivity index (χ0v) is 15.3. The molecule has 0 aliphatic rings. The number of nitrogens with zero attached hydrogens (tertiary/aromatic N) is 2. The molecule has 0 aliphatic heterocycles. The van der Waals surface area contributed by atoms with Crippen molar-refractivity contribution in [1.82, 2.24) is 9.97 Å². The summed E-state index contributed by atoms with van der Waals surface area (Å²) >= 11 is 1.19. The number of aryl methyl sites for hydroxylation is 2. The summed E-state index contributed by atoms with van der Waals surface area (Å²) < 4.78 is 10.2. The van der Waals surface area contributed by atoms with E-state index in [1.54, 1.807) is 13.0 Å².